The van der Waals surface area contributed by atoms with Crippen molar-refractivity contribution < 1.29 is 0 Å². The summed E-state index contributed by atoms with van der Waals surface area (Å²) in [5.41, 5.74) is 8.71. The predicted molar refractivity (Wildman–Crippen MR) is 64.7 cm³/mol. The number of nitrogens with zero attached hydrogens (tertiary/aromatic N) is 1. The van der Waals surface area contributed by atoms with Crippen LogP contribution in [0.15, 0.2) is 30.5 Å². The molecular weight excluding hydrogens is 184 g/mol. The van der Waals surface area contributed by atoms with Crippen LogP contribution < -0.4 is 5.73 Å². The third kappa shape index (κ3) is 1.65. The van der Waals surface area contributed by atoms with Gasteiger partial charge in [0.15, 0.2) is 0 Å². The van der Waals surface area contributed by atoms with Gasteiger partial charge in [0.05, 0.1) is 0 Å². The van der Waals surface area contributed by atoms with Gasteiger partial charge >= 0.3 is 0 Å². The van der Waals surface area contributed by atoms with Crippen molar-refractivity contribution in [3.05, 3.63) is 36.0 Å². The first-order chi connectivity index (χ1) is 7.11. The average Bonchev–Trinajstić information content (AvgIpc) is 2.56. The Bertz CT molecular complexity index is 468. The number of para-hydroxylation sites is 1. The Hall–Kier alpha value is -1.28. The third-order valence-corrected chi connectivity index (χ3v) is 3.01. The standard InChI is InChI=1S/C13H18N2/c1-9(2)13(14)11-8-15(3)12-7-5-4-6-10(11)12/h4-9,13H,14H2,1-3H3. The number of hydrogen-bond acceptors (Lipinski definition) is 1. The molecular formula is C13H18N2. The van der Waals surface area contributed by atoms with Crippen molar-refractivity contribution >= 4 is 10.9 Å². The SMILES string of the molecule is CC(C)C(N)c1cn(C)c2ccccc12. The Morgan fingerprint density at radius 3 is 2.53 bits per heavy atom. The summed E-state index contributed by atoms with van der Waals surface area (Å²) in [7, 11) is 2.07. The van der Waals surface area contributed by atoms with Gasteiger partial charge in [-0.1, -0.05) is 32.0 Å². The number of hydrogen-bond donors (Lipinski definition) is 1. The van der Waals surface area contributed by atoms with Crippen molar-refractivity contribution in [1.29, 1.82) is 0 Å². The maximum absolute atomic E-state index is 6.20. The van der Waals surface area contributed by atoms with Crippen LogP contribution in [0.5, 0.6) is 0 Å². The topological polar surface area (TPSA) is 30.9 Å². The lowest BCUT2D eigenvalue weighted by Gasteiger charge is -2.14. The molecule has 0 spiro atoms. The molecule has 1 heterocycles. The number of aryl methyl sites for hydroxylation is 1. The smallest absolute Gasteiger partial charge is 0.0481 e. The van der Waals surface area contributed by atoms with Crippen LogP contribution in [0.1, 0.15) is 25.5 Å². The summed E-state index contributed by atoms with van der Waals surface area (Å²) in [5.74, 6) is 0.468. The first-order valence-electron chi connectivity index (χ1n) is 5.41. The third-order valence-electron chi connectivity index (χ3n) is 3.01. The number of rotatable bonds is 2. The molecule has 0 bridgehead atoms. The Kier molecular flexibility index (Phi) is 2.53. The Morgan fingerprint density at radius 1 is 1.20 bits per heavy atom. The highest BCUT2D eigenvalue weighted by Gasteiger charge is 2.15. The molecule has 0 saturated carbocycles. The van der Waals surface area contributed by atoms with Crippen molar-refractivity contribution in [2.75, 3.05) is 0 Å². The van der Waals surface area contributed by atoms with Crippen LogP contribution in [0.3, 0.4) is 0 Å². The fourth-order valence-electron chi connectivity index (χ4n) is 2.00. The monoisotopic (exact) mass is 202 g/mol. The van der Waals surface area contributed by atoms with E-state index in [0.29, 0.717) is 5.92 Å². The van der Waals surface area contributed by atoms with Gasteiger partial charge in [0, 0.05) is 30.2 Å². The van der Waals surface area contributed by atoms with E-state index in [1.807, 2.05) is 0 Å². The minimum atomic E-state index is 0.121. The lowest BCUT2D eigenvalue weighted by Crippen LogP contribution is -2.16. The summed E-state index contributed by atoms with van der Waals surface area (Å²) in [6, 6.07) is 8.53. The number of fused-ring (bicyclic) bond motifs is 1. The summed E-state index contributed by atoms with van der Waals surface area (Å²) >= 11 is 0. The molecule has 15 heavy (non-hydrogen) atoms. The second-order valence-corrected chi connectivity index (χ2v) is 4.48. The number of benzene rings is 1. The van der Waals surface area contributed by atoms with E-state index in [0.717, 1.165) is 0 Å². The molecule has 0 radical (unpaired) electrons. The highest BCUT2D eigenvalue weighted by molar-refractivity contribution is 5.84. The summed E-state index contributed by atoms with van der Waals surface area (Å²) in [5, 5.41) is 1.28. The zero-order chi connectivity index (χ0) is 11.0. The second kappa shape index (κ2) is 3.70. The summed E-state index contributed by atoms with van der Waals surface area (Å²) in [6.45, 7) is 4.32. The van der Waals surface area contributed by atoms with E-state index in [4.69, 9.17) is 5.73 Å². The van der Waals surface area contributed by atoms with Gasteiger partial charge in [0.1, 0.15) is 0 Å². The molecule has 80 valence electrons. The summed E-state index contributed by atoms with van der Waals surface area (Å²) < 4.78 is 2.15. The molecule has 0 aliphatic rings. The molecule has 2 nitrogen and oxygen atoms in total. The zero-order valence-electron chi connectivity index (χ0n) is 9.57. The average molecular weight is 202 g/mol. The van der Waals surface area contributed by atoms with Crippen molar-refractivity contribution in [2.45, 2.75) is 19.9 Å². The van der Waals surface area contributed by atoms with Crippen LogP contribution in [-0.2, 0) is 7.05 Å². The fraction of sp³-hybridized carbons (Fsp3) is 0.385. The second-order valence-electron chi connectivity index (χ2n) is 4.48. The van der Waals surface area contributed by atoms with E-state index in [1.165, 1.54) is 16.5 Å². The zero-order valence-corrected chi connectivity index (χ0v) is 9.57. The maximum atomic E-state index is 6.20. The molecule has 2 heteroatoms. The highest BCUT2D eigenvalue weighted by Crippen LogP contribution is 2.28. The van der Waals surface area contributed by atoms with Crippen molar-refractivity contribution in [3.8, 4) is 0 Å². The van der Waals surface area contributed by atoms with Gasteiger partial charge in [-0.25, -0.2) is 0 Å². The largest absolute Gasteiger partial charge is 0.350 e. The maximum Gasteiger partial charge on any atom is 0.0481 e. The normalized spacial score (nSPS) is 13.7. The lowest BCUT2D eigenvalue weighted by atomic mass is 9.97. The van der Waals surface area contributed by atoms with E-state index < -0.39 is 0 Å². The van der Waals surface area contributed by atoms with Crippen LogP contribution in [-0.4, -0.2) is 4.57 Å². The van der Waals surface area contributed by atoms with Crippen LogP contribution in [0.4, 0.5) is 0 Å². The van der Waals surface area contributed by atoms with Crippen LogP contribution in [0, 0.1) is 5.92 Å². The van der Waals surface area contributed by atoms with Gasteiger partial charge in [-0.15, -0.1) is 0 Å². The molecule has 1 aromatic carbocycles. The van der Waals surface area contributed by atoms with E-state index in [9.17, 15) is 0 Å². The van der Waals surface area contributed by atoms with Gasteiger partial charge in [0.2, 0.25) is 0 Å². The van der Waals surface area contributed by atoms with E-state index in [1.54, 1.807) is 0 Å². The Balaban J connectivity index is 2.62. The van der Waals surface area contributed by atoms with E-state index >= 15 is 0 Å². The Labute approximate surface area is 90.7 Å². The highest BCUT2D eigenvalue weighted by atomic mass is 14.9. The van der Waals surface area contributed by atoms with Gasteiger partial charge in [-0.05, 0) is 17.5 Å². The number of nitrogens with two attached hydrogens (primary N) is 1. The van der Waals surface area contributed by atoms with Gasteiger partial charge in [-0.2, -0.15) is 0 Å². The Morgan fingerprint density at radius 2 is 1.87 bits per heavy atom. The van der Waals surface area contributed by atoms with Crippen molar-refractivity contribution in [1.82, 2.24) is 4.57 Å². The van der Waals surface area contributed by atoms with Crippen LogP contribution >= 0.6 is 0 Å². The van der Waals surface area contributed by atoms with Crippen molar-refractivity contribution in [2.24, 2.45) is 18.7 Å². The molecule has 2 aromatic rings. The van der Waals surface area contributed by atoms with Gasteiger partial charge in [-0.3, -0.25) is 0 Å². The summed E-state index contributed by atoms with van der Waals surface area (Å²) in [4.78, 5) is 0. The number of aromatic nitrogens is 1. The van der Waals surface area contributed by atoms with Crippen LogP contribution in [0.25, 0.3) is 10.9 Å². The molecule has 0 aliphatic heterocycles. The quantitative estimate of drug-likeness (QED) is 0.797. The molecule has 0 fully saturated rings. The van der Waals surface area contributed by atoms with E-state index in [-0.39, 0.29) is 6.04 Å². The predicted octanol–water partition coefficient (Wildman–Crippen LogP) is 2.83. The first kappa shape index (κ1) is 10.2. The molecule has 2 N–H and O–H groups in total. The molecule has 2 rings (SSSR count). The van der Waals surface area contributed by atoms with Crippen LogP contribution in [0.2, 0.25) is 0 Å². The molecule has 1 atom stereocenters. The van der Waals surface area contributed by atoms with Crippen molar-refractivity contribution in [3.63, 3.8) is 0 Å². The molecule has 0 saturated heterocycles. The minimum Gasteiger partial charge on any atom is -0.350 e. The molecule has 1 unspecified atom stereocenters. The molecule has 1 aromatic heterocycles. The molecule has 0 aliphatic carbocycles. The minimum absolute atomic E-state index is 0.121. The first-order valence-corrected chi connectivity index (χ1v) is 5.41. The lowest BCUT2D eigenvalue weighted by molar-refractivity contribution is 0.516. The van der Waals surface area contributed by atoms with Gasteiger partial charge < -0.3 is 10.3 Å². The molecule has 0 amide bonds. The van der Waals surface area contributed by atoms with E-state index in [2.05, 4.69) is 55.9 Å². The fourth-order valence-corrected chi connectivity index (χ4v) is 2.00. The van der Waals surface area contributed by atoms with Gasteiger partial charge in [0.25, 0.3) is 0 Å². The summed E-state index contributed by atoms with van der Waals surface area (Å²) in [6.07, 6.45) is 2.15.